The van der Waals surface area contributed by atoms with Crippen LogP contribution in [0.25, 0.3) is 6.08 Å². The molecule has 0 radical (unpaired) electrons. The van der Waals surface area contributed by atoms with Gasteiger partial charge in [-0.15, -0.1) is 0 Å². The predicted octanol–water partition coefficient (Wildman–Crippen LogP) is 4.42. The molecule has 0 aliphatic carbocycles. The molecule has 1 aliphatic heterocycles. The van der Waals surface area contributed by atoms with Crippen LogP contribution in [0.1, 0.15) is 22.7 Å². The van der Waals surface area contributed by atoms with Crippen molar-refractivity contribution in [3.8, 4) is 0 Å². The van der Waals surface area contributed by atoms with Gasteiger partial charge in [0.1, 0.15) is 0 Å². The standard InChI is InChI=1S/C27H26N4O3S/c32-25(16-13-21-11-14-24(15-12-21)31(33)34)28-27(35)30-19-17-29(18-20-30)26(22-7-3-1-4-8-22)23-9-5-2-6-10-23/h1-16,26H,17-20H2,(H,28,32,35)/b16-13+. The Bertz CT molecular complexity index is 1150. The number of carbonyl (C=O) groups is 1. The van der Waals surface area contributed by atoms with Crippen LogP contribution in [0.3, 0.4) is 0 Å². The normalized spacial score (nSPS) is 14.3. The number of nitro groups is 1. The van der Waals surface area contributed by atoms with E-state index in [4.69, 9.17) is 12.2 Å². The molecule has 8 heteroatoms. The first-order valence-electron chi connectivity index (χ1n) is 11.4. The molecule has 1 aliphatic rings. The van der Waals surface area contributed by atoms with E-state index in [1.165, 1.54) is 29.3 Å². The van der Waals surface area contributed by atoms with Crippen LogP contribution in [-0.2, 0) is 4.79 Å². The van der Waals surface area contributed by atoms with Gasteiger partial charge >= 0.3 is 0 Å². The maximum absolute atomic E-state index is 12.4. The summed E-state index contributed by atoms with van der Waals surface area (Å²) in [7, 11) is 0. The van der Waals surface area contributed by atoms with Crippen LogP contribution >= 0.6 is 12.2 Å². The molecule has 4 rings (SSSR count). The Kier molecular flexibility index (Phi) is 7.97. The minimum atomic E-state index is -0.458. The number of amides is 1. The van der Waals surface area contributed by atoms with E-state index in [0.717, 1.165) is 13.1 Å². The SMILES string of the molecule is O=C(/C=C/c1ccc([N+](=O)[O-])cc1)NC(=S)N1CCN(C(c2ccccc2)c2ccccc2)CC1. The molecule has 0 aromatic heterocycles. The zero-order chi connectivity index (χ0) is 24.6. The number of hydrogen-bond donors (Lipinski definition) is 1. The number of nitro benzene ring substituents is 1. The number of hydrogen-bond acceptors (Lipinski definition) is 5. The second kappa shape index (κ2) is 11.5. The molecule has 7 nitrogen and oxygen atoms in total. The summed E-state index contributed by atoms with van der Waals surface area (Å²) in [5.74, 6) is -0.331. The van der Waals surface area contributed by atoms with Gasteiger partial charge in [-0.1, -0.05) is 60.7 Å². The maximum atomic E-state index is 12.4. The summed E-state index contributed by atoms with van der Waals surface area (Å²) >= 11 is 5.48. The van der Waals surface area contributed by atoms with E-state index in [9.17, 15) is 14.9 Å². The number of piperazine rings is 1. The van der Waals surface area contributed by atoms with E-state index in [1.807, 2.05) is 17.0 Å². The molecule has 1 fully saturated rings. The molecule has 0 spiro atoms. The topological polar surface area (TPSA) is 78.7 Å². The number of nitrogens with one attached hydrogen (secondary N) is 1. The molecule has 3 aromatic rings. The molecule has 0 atom stereocenters. The second-order valence-corrected chi connectivity index (χ2v) is 8.61. The maximum Gasteiger partial charge on any atom is 0.269 e. The van der Waals surface area contributed by atoms with Crippen LogP contribution in [-0.4, -0.2) is 51.9 Å². The fourth-order valence-electron chi connectivity index (χ4n) is 4.17. The van der Waals surface area contributed by atoms with Gasteiger partial charge in [-0.05, 0) is 47.1 Å². The number of carbonyl (C=O) groups excluding carboxylic acids is 1. The smallest absolute Gasteiger partial charge is 0.269 e. The van der Waals surface area contributed by atoms with Crippen molar-refractivity contribution in [3.05, 3.63) is 118 Å². The minimum Gasteiger partial charge on any atom is -0.346 e. The molecule has 1 heterocycles. The van der Waals surface area contributed by atoms with Gasteiger partial charge in [-0.25, -0.2) is 0 Å². The summed E-state index contributed by atoms with van der Waals surface area (Å²) < 4.78 is 0. The fraction of sp³-hybridized carbons (Fsp3) is 0.185. The Morgan fingerprint density at radius 2 is 1.43 bits per heavy atom. The fourth-order valence-corrected chi connectivity index (χ4v) is 4.46. The summed E-state index contributed by atoms with van der Waals surface area (Å²) in [4.78, 5) is 27.1. The number of nitrogens with zero attached hydrogens (tertiary/aromatic N) is 3. The quantitative estimate of drug-likeness (QED) is 0.241. The van der Waals surface area contributed by atoms with Gasteiger partial charge in [0.05, 0.1) is 11.0 Å². The highest BCUT2D eigenvalue weighted by molar-refractivity contribution is 7.80. The van der Waals surface area contributed by atoms with Gasteiger partial charge in [-0.2, -0.15) is 0 Å². The van der Waals surface area contributed by atoms with Crippen LogP contribution in [0.4, 0.5) is 5.69 Å². The van der Waals surface area contributed by atoms with Crippen molar-refractivity contribution in [1.29, 1.82) is 0 Å². The van der Waals surface area contributed by atoms with Crippen molar-refractivity contribution in [1.82, 2.24) is 15.1 Å². The van der Waals surface area contributed by atoms with Crippen LogP contribution in [0.5, 0.6) is 0 Å². The summed E-state index contributed by atoms with van der Waals surface area (Å²) in [5, 5.41) is 13.9. The van der Waals surface area contributed by atoms with Crippen LogP contribution in [0.2, 0.25) is 0 Å². The molecule has 1 N–H and O–H groups in total. The first-order valence-corrected chi connectivity index (χ1v) is 11.8. The van der Waals surface area contributed by atoms with Gasteiger partial charge in [-0.3, -0.25) is 25.1 Å². The summed E-state index contributed by atoms with van der Waals surface area (Å²) in [5.41, 5.74) is 3.20. The third-order valence-corrected chi connectivity index (χ3v) is 6.32. The number of thiocarbonyl (C=S) groups is 1. The van der Waals surface area contributed by atoms with E-state index in [-0.39, 0.29) is 17.6 Å². The van der Waals surface area contributed by atoms with Gasteiger partial charge in [0.2, 0.25) is 5.91 Å². The van der Waals surface area contributed by atoms with Crippen LogP contribution < -0.4 is 5.32 Å². The monoisotopic (exact) mass is 486 g/mol. The molecular formula is C27H26N4O3S. The van der Waals surface area contributed by atoms with Crippen LogP contribution in [0, 0.1) is 10.1 Å². The number of rotatable bonds is 6. The summed E-state index contributed by atoms with van der Waals surface area (Å²) in [6.45, 7) is 3.04. The van der Waals surface area contributed by atoms with E-state index >= 15 is 0 Å². The summed E-state index contributed by atoms with van der Waals surface area (Å²) in [6.07, 6.45) is 2.98. The summed E-state index contributed by atoms with van der Waals surface area (Å²) in [6, 6.07) is 27.1. The predicted molar refractivity (Wildman–Crippen MR) is 141 cm³/mol. The Labute approximate surface area is 209 Å². The van der Waals surface area contributed by atoms with Crippen molar-refractivity contribution in [2.45, 2.75) is 6.04 Å². The Balaban J connectivity index is 1.34. The molecule has 178 valence electrons. The van der Waals surface area contributed by atoms with Gasteiger partial charge in [0.15, 0.2) is 5.11 Å². The third-order valence-electron chi connectivity index (χ3n) is 5.96. The molecule has 1 saturated heterocycles. The highest BCUT2D eigenvalue weighted by atomic mass is 32.1. The van der Waals surface area contributed by atoms with Crippen molar-refractivity contribution >= 4 is 35.0 Å². The molecule has 0 unspecified atom stereocenters. The molecular weight excluding hydrogens is 460 g/mol. The number of non-ortho nitro benzene ring substituents is 1. The molecule has 0 bridgehead atoms. The van der Waals surface area contributed by atoms with Crippen LogP contribution in [0.15, 0.2) is 91.0 Å². The zero-order valence-corrected chi connectivity index (χ0v) is 19.9. The highest BCUT2D eigenvalue weighted by Gasteiger charge is 2.27. The Morgan fingerprint density at radius 3 is 1.94 bits per heavy atom. The first-order chi connectivity index (χ1) is 17.0. The molecule has 1 amide bonds. The van der Waals surface area contributed by atoms with E-state index in [2.05, 4.69) is 58.7 Å². The molecule has 0 saturated carbocycles. The molecule has 3 aromatic carbocycles. The van der Waals surface area contributed by atoms with Gasteiger partial charge < -0.3 is 4.90 Å². The minimum absolute atomic E-state index is 0.00805. The largest absolute Gasteiger partial charge is 0.346 e. The average molecular weight is 487 g/mol. The van der Waals surface area contributed by atoms with Crippen molar-refractivity contribution in [3.63, 3.8) is 0 Å². The van der Waals surface area contributed by atoms with E-state index in [0.29, 0.717) is 23.8 Å². The van der Waals surface area contributed by atoms with Crippen molar-refractivity contribution < 1.29 is 9.72 Å². The average Bonchev–Trinajstić information content (AvgIpc) is 2.89. The Morgan fingerprint density at radius 1 is 0.886 bits per heavy atom. The van der Waals surface area contributed by atoms with Crippen molar-refractivity contribution in [2.75, 3.05) is 26.2 Å². The number of benzene rings is 3. The van der Waals surface area contributed by atoms with Gasteiger partial charge in [0.25, 0.3) is 5.69 Å². The highest BCUT2D eigenvalue weighted by Crippen LogP contribution is 2.29. The van der Waals surface area contributed by atoms with E-state index in [1.54, 1.807) is 18.2 Å². The van der Waals surface area contributed by atoms with Gasteiger partial charge in [0, 0.05) is 44.4 Å². The lowest BCUT2D eigenvalue weighted by Crippen LogP contribution is -2.53. The Hall–Kier alpha value is -3.88. The first kappa shape index (κ1) is 24.3. The van der Waals surface area contributed by atoms with Crippen molar-refractivity contribution in [2.24, 2.45) is 0 Å². The lowest BCUT2D eigenvalue weighted by Gasteiger charge is -2.40. The zero-order valence-electron chi connectivity index (χ0n) is 19.1. The lowest BCUT2D eigenvalue weighted by molar-refractivity contribution is -0.384. The molecule has 35 heavy (non-hydrogen) atoms. The second-order valence-electron chi connectivity index (χ2n) is 8.22. The third kappa shape index (κ3) is 6.38. The lowest BCUT2D eigenvalue weighted by atomic mass is 9.96. The van der Waals surface area contributed by atoms with E-state index < -0.39 is 4.92 Å².